The summed E-state index contributed by atoms with van der Waals surface area (Å²) in [6, 6.07) is 0. The molecular weight excluding hydrogens is 194 g/mol. The first-order valence-electron chi connectivity index (χ1n) is 5.29. The third kappa shape index (κ3) is 2.22. The van der Waals surface area contributed by atoms with Gasteiger partial charge in [0.2, 0.25) is 5.91 Å². The summed E-state index contributed by atoms with van der Waals surface area (Å²) in [5, 5.41) is 14.4. The number of carbonyl (C=O) groups excluding carboxylic acids is 1. The van der Waals surface area contributed by atoms with E-state index in [1.807, 2.05) is 13.8 Å². The Morgan fingerprint density at radius 1 is 1.60 bits per heavy atom. The van der Waals surface area contributed by atoms with Crippen molar-refractivity contribution < 1.29 is 10.0 Å². The van der Waals surface area contributed by atoms with Gasteiger partial charge >= 0.3 is 0 Å². The van der Waals surface area contributed by atoms with Crippen molar-refractivity contribution in [3.63, 3.8) is 0 Å². The third-order valence-corrected chi connectivity index (χ3v) is 2.91. The standard InChI is InChI=1S/C10H19N3O2/c1-7(2)6-12-9(14)10(4-3-5-10)8(11)13-15/h7,15H,3-6H2,1-2H3,(H2,11,13)(H,12,14). The highest BCUT2D eigenvalue weighted by Gasteiger charge is 2.48. The summed E-state index contributed by atoms with van der Waals surface area (Å²) in [5.74, 6) is 0.325. The van der Waals surface area contributed by atoms with Gasteiger partial charge in [-0.25, -0.2) is 0 Å². The highest BCUT2D eigenvalue weighted by atomic mass is 16.4. The van der Waals surface area contributed by atoms with E-state index in [4.69, 9.17) is 10.9 Å². The van der Waals surface area contributed by atoms with E-state index in [0.717, 1.165) is 6.42 Å². The smallest absolute Gasteiger partial charge is 0.233 e. The molecule has 1 saturated carbocycles. The van der Waals surface area contributed by atoms with Crippen molar-refractivity contribution in [3.8, 4) is 0 Å². The molecule has 0 bridgehead atoms. The second-order valence-corrected chi connectivity index (χ2v) is 4.52. The Labute approximate surface area is 89.7 Å². The number of amidine groups is 1. The van der Waals surface area contributed by atoms with Crippen LogP contribution in [0.15, 0.2) is 5.16 Å². The lowest BCUT2D eigenvalue weighted by Gasteiger charge is -2.38. The van der Waals surface area contributed by atoms with Gasteiger partial charge in [0.25, 0.3) is 0 Å². The van der Waals surface area contributed by atoms with Crippen molar-refractivity contribution in [1.82, 2.24) is 5.32 Å². The Hall–Kier alpha value is -1.26. The maximum absolute atomic E-state index is 11.9. The molecule has 1 fully saturated rings. The van der Waals surface area contributed by atoms with E-state index in [1.165, 1.54) is 0 Å². The first kappa shape index (κ1) is 11.8. The van der Waals surface area contributed by atoms with E-state index >= 15 is 0 Å². The quantitative estimate of drug-likeness (QED) is 0.278. The molecule has 4 N–H and O–H groups in total. The first-order valence-corrected chi connectivity index (χ1v) is 5.29. The van der Waals surface area contributed by atoms with Gasteiger partial charge in [-0.3, -0.25) is 4.79 Å². The lowest BCUT2D eigenvalue weighted by molar-refractivity contribution is -0.131. The number of nitrogens with zero attached hydrogens (tertiary/aromatic N) is 1. The summed E-state index contributed by atoms with van der Waals surface area (Å²) in [4.78, 5) is 11.9. The van der Waals surface area contributed by atoms with E-state index < -0.39 is 5.41 Å². The van der Waals surface area contributed by atoms with Crippen LogP contribution >= 0.6 is 0 Å². The van der Waals surface area contributed by atoms with Gasteiger partial charge in [0.1, 0.15) is 5.41 Å². The number of nitrogens with two attached hydrogens (primary N) is 1. The Morgan fingerprint density at radius 2 is 2.20 bits per heavy atom. The van der Waals surface area contributed by atoms with Crippen LogP contribution in [-0.4, -0.2) is 23.5 Å². The SMILES string of the molecule is CC(C)CNC(=O)C1(C(N)=NO)CCC1. The molecule has 0 unspecified atom stereocenters. The largest absolute Gasteiger partial charge is 0.409 e. The number of hydrogen-bond acceptors (Lipinski definition) is 3. The van der Waals surface area contributed by atoms with Crippen molar-refractivity contribution in [1.29, 1.82) is 0 Å². The van der Waals surface area contributed by atoms with Crippen molar-refractivity contribution in [2.75, 3.05) is 6.54 Å². The van der Waals surface area contributed by atoms with Crippen molar-refractivity contribution in [3.05, 3.63) is 0 Å². The van der Waals surface area contributed by atoms with Crippen LogP contribution in [0.1, 0.15) is 33.1 Å². The predicted molar refractivity (Wildman–Crippen MR) is 57.5 cm³/mol. The Kier molecular flexibility index (Phi) is 3.55. The summed E-state index contributed by atoms with van der Waals surface area (Å²) in [5.41, 5.74) is 4.81. The average Bonchev–Trinajstić information content (AvgIpc) is 2.12. The Balaban J connectivity index is 2.62. The van der Waals surface area contributed by atoms with Crippen LogP contribution in [0.3, 0.4) is 0 Å². The number of rotatable bonds is 4. The molecule has 0 radical (unpaired) electrons. The number of amides is 1. The van der Waals surface area contributed by atoms with E-state index in [1.54, 1.807) is 0 Å². The molecule has 1 amide bonds. The van der Waals surface area contributed by atoms with Gasteiger partial charge in [-0.15, -0.1) is 0 Å². The van der Waals surface area contributed by atoms with Gasteiger partial charge in [-0.2, -0.15) is 0 Å². The van der Waals surface area contributed by atoms with Crippen LogP contribution in [-0.2, 0) is 4.79 Å². The van der Waals surface area contributed by atoms with Crippen LogP contribution in [0.4, 0.5) is 0 Å². The van der Waals surface area contributed by atoms with E-state index in [0.29, 0.717) is 25.3 Å². The summed E-state index contributed by atoms with van der Waals surface area (Å²) in [6.45, 7) is 4.67. The molecule has 0 atom stereocenters. The first-order chi connectivity index (χ1) is 7.03. The van der Waals surface area contributed by atoms with Crippen LogP contribution in [0, 0.1) is 11.3 Å². The maximum Gasteiger partial charge on any atom is 0.233 e. The van der Waals surface area contributed by atoms with E-state index in [-0.39, 0.29) is 11.7 Å². The molecule has 0 aromatic carbocycles. The maximum atomic E-state index is 11.9. The highest BCUT2D eigenvalue weighted by molar-refractivity contribution is 6.07. The minimum atomic E-state index is -0.746. The zero-order valence-corrected chi connectivity index (χ0v) is 9.29. The van der Waals surface area contributed by atoms with Crippen LogP contribution in [0.25, 0.3) is 0 Å². The Bertz CT molecular complexity index is 270. The average molecular weight is 213 g/mol. The summed E-state index contributed by atoms with van der Waals surface area (Å²) < 4.78 is 0. The normalized spacial score (nSPS) is 19.8. The molecule has 1 aliphatic carbocycles. The van der Waals surface area contributed by atoms with Crippen LogP contribution in [0.5, 0.6) is 0 Å². The monoisotopic (exact) mass is 213 g/mol. The lowest BCUT2D eigenvalue weighted by Crippen LogP contribution is -2.54. The van der Waals surface area contributed by atoms with Gasteiger partial charge in [0.05, 0.1) is 0 Å². The topological polar surface area (TPSA) is 87.7 Å². The molecule has 5 heteroatoms. The number of nitrogens with one attached hydrogen (secondary N) is 1. The van der Waals surface area contributed by atoms with Crippen molar-refractivity contribution in [2.24, 2.45) is 22.2 Å². The van der Waals surface area contributed by atoms with Crippen molar-refractivity contribution in [2.45, 2.75) is 33.1 Å². The molecule has 0 aliphatic heterocycles. The summed E-state index contributed by atoms with van der Waals surface area (Å²) >= 11 is 0. The molecule has 0 heterocycles. The molecule has 86 valence electrons. The number of hydrogen-bond donors (Lipinski definition) is 3. The van der Waals surface area contributed by atoms with Gasteiger partial charge in [0.15, 0.2) is 5.84 Å². The summed E-state index contributed by atoms with van der Waals surface area (Å²) in [7, 11) is 0. The molecule has 1 rings (SSSR count). The molecule has 0 aromatic heterocycles. The molecular formula is C10H19N3O2. The number of carbonyl (C=O) groups is 1. The van der Waals surface area contributed by atoms with Gasteiger partial charge in [-0.05, 0) is 18.8 Å². The minimum Gasteiger partial charge on any atom is -0.409 e. The minimum absolute atomic E-state index is 0.0370. The van der Waals surface area contributed by atoms with Crippen molar-refractivity contribution >= 4 is 11.7 Å². The fourth-order valence-corrected chi connectivity index (χ4v) is 1.69. The van der Waals surface area contributed by atoms with Gasteiger partial charge in [0, 0.05) is 6.54 Å². The molecule has 15 heavy (non-hydrogen) atoms. The molecule has 5 nitrogen and oxygen atoms in total. The van der Waals surface area contributed by atoms with Crippen LogP contribution < -0.4 is 11.1 Å². The fourth-order valence-electron chi connectivity index (χ4n) is 1.69. The second-order valence-electron chi connectivity index (χ2n) is 4.52. The van der Waals surface area contributed by atoms with Crippen LogP contribution in [0.2, 0.25) is 0 Å². The van der Waals surface area contributed by atoms with E-state index in [9.17, 15) is 4.79 Å². The highest BCUT2D eigenvalue weighted by Crippen LogP contribution is 2.41. The zero-order valence-electron chi connectivity index (χ0n) is 9.29. The lowest BCUT2D eigenvalue weighted by atomic mass is 9.67. The number of oxime groups is 1. The second kappa shape index (κ2) is 4.51. The fraction of sp³-hybridized carbons (Fsp3) is 0.800. The molecule has 0 spiro atoms. The van der Waals surface area contributed by atoms with Gasteiger partial charge < -0.3 is 16.3 Å². The molecule has 1 aliphatic rings. The van der Waals surface area contributed by atoms with E-state index in [2.05, 4.69) is 10.5 Å². The molecule has 0 aromatic rings. The van der Waals surface area contributed by atoms with Gasteiger partial charge in [-0.1, -0.05) is 25.4 Å². The zero-order chi connectivity index (χ0) is 11.5. The Morgan fingerprint density at radius 3 is 2.53 bits per heavy atom. The molecule has 0 saturated heterocycles. The summed E-state index contributed by atoms with van der Waals surface area (Å²) in [6.07, 6.45) is 2.30. The third-order valence-electron chi connectivity index (χ3n) is 2.91. The predicted octanol–water partition coefficient (Wildman–Crippen LogP) is 0.675.